The molecule has 20 heavy (non-hydrogen) atoms. The maximum Gasteiger partial charge on any atom is 0.249 e. The number of hydrogen-bond acceptors (Lipinski definition) is 2. The van der Waals surface area contributed by atoms with Crippen LogP contribution in [0.15, 0.2) is 0 Å². The molecule has 2 aliphatic carbocycles. The normalized spacial score (nSPS) is 33.4. The van der Waals surface area contributed by atoms with Crippen LogP contribution in [0.1, 0.15) is 51.9 Å². The third kappa shape index (κ3) is 1.85. The largest absolute Gasteiger partial charge is 0.340 e. The van der Waals surface area contributed by atoms with Gasteiger partial charge in [0.2, 0.25) is 11.8 Å². The molecule has 1 aliphatic heterocycles. The summed E-state index contributed by atoms with van der Waals surface area (Å²) in [5.74, 6) is 0.0980. The van der Waals surface area contributed by atoms with E-state index in [4.69, 9.17) is 0 Å². The third-order valence-electron chi connectivity index (χ3n) is 5.38. The van der Waals surface area contributed by atoms with Gasteiger partial charge in [0.15, 0.2) is 0 Å². The number of alkyl halides is 1. The van der Waals surface area contributed by atoms with Gasteiger partial charge >= 0.3 is 0 Å². The molecule has 2 amide bonds. The maximum atomic E-state index is 13.0. The molecule has 3 aliphatic rings. The monoisotopic (exact) mass is 282 g/mol. The number of halogens is 1. The van der Waals surface area contributed by atoms with Crippen LogP contribution in [0, 0.1) is 5.92 Å². The molecule has 1 atom stereocenters. The van der Waals surface area contributed by atoms with Crippen LogP contribution in [0.3, 0.4) is 0 Å². The van der Waals surface area contributed by atoms with Gasteiger partial charge in [-0.25, -0.2) is 4.39 Å². The fraction of sp³-hybridized carbons (Fsp3) is 0.867. The molecular formula is C15H23FN2O2. The number of nitrogens with one attached hydrogen (secondary N) is 1. The molecule has 3 fully saturated rings. The summed E-state index contributed by atoms with van der Waals surface area (Å²) in [6, 6.07) is 0. The molecule has 0 aromatic carbocycles. The molecule has 1 unspecified atom stereocenters. The zero-order chi connectivity index (χ0) is 14.4. The Labute approximate surface area is 119 Å². The van der Waals surface area contributed by atoms with Gasteiger partial charge in [-0.1, -0.05) is 19.3 Å². The molecule has 1 N–H and O–H groups in total. The van der Waals surface area contributed by atoms with E-state index in [2.05, 4.69) is 5.32 Å². The van der Waals surface area contributed by atoms with E-state index in [0.717, 1.165) is 32.1 Å². The molecule has 1 spiro atoms. The summed E-state index contributed by atoms with van der Waals surface area (Å²) in [5.41, 5.74) is -1.59. The minimum absolute atomic E-state index is 0.0502. The number of piperazine rings is 1. The second-order valence-corrected chi connectivity index (χ2v) is 6.67. The van der Waals surface area contributed by atoms with Crippen molar-refractivity contribution in [3.8, 4) is 0 Å². The van der Waals surface area contributed by atoms with Gasteiger partial charge < -0.3 is 10.2 Å². The number of carbonyl (C=O) groups excluding carboxylic acids is 2. The van der Waals surface area contributed by atoms with Gasteiger partial charge in [-0.3, -0.25) is 9.59 Å². The highest BCUT2D eigenvalue weighted by atomic mass is 19.1. The Morgan fingerprint density at radius 2 is 1.90 bits per heavy atom. The van der Waals surface area contributed by atoms with Crippen molar-refractivity contribution >= 4 is 11.8 Å². The van der Waals surface area contributed by atoms with E-state index in [1.165, 1.54) is 0 Å². The second kappa shape index (κ2) is 4.71. The Hall–Kier alpha value is -1.13. The van der Waals surface area contributed by atoms with Crippen LogP contribution in [-0.2, 0) is 9.59 Å². The Morgan fingerprint density at radius 3 is 2.45 bits per heavy atom. The molecule has 1 saturated heterocycles. The van der Waals surface area contributed by atoms with E-state index >= 15 is 0 Å². The van der Waals surface area contributed by atoms with Crippen LogP contribution in [0.2, 0.25) is 0 Å². The van der Waals surface area contributed by atoms with Crippen molar-refractivity contribution in [2.24, 2.45) is 5.92 Å². The number of nitrogens with zero attached hydrogens (tertiary/aromatic N) is 1. The zero-order valence-electron chi connectivity index (χ0n) is 12.1. The summed E-state index contributed by atoms with van der Waals surface area (Å²) < 4.78 is 13.0. The molecule has 112 valence electrons. The van der Waals surface area contributed by atoms with Gasteiger partial charge in [0.1, 0.15) is 17.8 Å². The van der Waals surface area contributed by atoms with Crippen molar-refractivity contribution in [3.63, 3.8) is 0 Å². The van der Waals surface area contributed by atoms with E-state index in [0.29, 0.717) is 12.8 Å². The fourth-order valence-electron chi connectivity index (χ4n) is 3.97. The highest BCUT2D eigenvalue weighted by Gasteiger charge is 2.60. The van der Waals surface area contributed by atoms with Crippen molar-refractivity contribution in [2.75, 3.05) is 13.2 Å². The lowest BCUT2D eigenvalue weighted by molar-refractivity contribution is -0.166. The summed E-state index contributed by atoms with van der Waals surface area (Å²) in [6.07, 6.45) is 6.24. The summed E-state index contributed by atoms with van der Waals surface area (Å²) in [5, 5.41) is 3.00. The molecule has 0 aromatic rings. The number of amides is 2. The Bertz CT molecular complexity index is 430. The first-order valence-electron chi connectivity index (χ1n) is 7.75. The maximum absolute atomic E-state index is 13.0. The summed E-state index contributed by atoms with van der Waals surface area (Å²) in [4.78, 5) is 27.2. The number of carbonyl (C=O) groups is 2. The van der Waals surface area contributed by atoms with E-state index in [1.807, 2.05) is 6.92 Å². The van der Waals surface area contributed by atoms with Crippen LogP contribution in [0.5, 0.6) is 0 Å². The average Bonchev–Trinajstić information content (AvgIpc) is 3.28. The highest BCUT2D eigenvalue weighted by molar-refractivity contribution is 6.02. The van der Waals surface area contributed by atoms with Crippen molar-refractivity contribution < 1.29 is 14.0 Å². The second-order valence-electron chi connectivity index (χ2n) is 6.67. The van der Waals surface area contributed by atoms with Gasteiger partial charge in [0.25, 0.3) is 0 Å². The van der Waals surface area contributed by atoms with Crippen molar-refractivity contribution in [3.05, 3.63) is 0 Å². The van der Waals surface area contributed by atoms with Crippen LogP contribution < -0.4 is 5.32 Å². The topological polar surface area (TPSA) is 49.4 Å². The predicted molar refractivity (Wildman–Crippen MR) is 72.8 cm³/mol. The molecule has 0 bridgehead atoms. The van der Waals surface area contributed by atoms with Crippen LogP contribution in [-0.4, -0.2) is 41.0 Å². The molecule has 5 heteroatoms. The smallest absolute Gasteiger partial charge is 0.249 e. The molecular weight excluding hydrogens is 259 g/mol. The van der Waals surface area contributed by atoms with Gasteiger partial charge in [0.05, 0.1) is 6.54 Å². The third-order valence-corrected chi connectivity index (χ3v) is 5.38. The molecule has 3 rings (SSSR count). The highest BCUT2D eigenvalue weighted by Crippen LogP contribution is 2.46. The van der Waals surface area contributed by atoms with Crippen LogP contribution >= 0.6 is 0 Å². The standard InChI is InChI=1S/C15H23FN2O2/c1-14(11-5-6-11)13(20)18(10-9-16)15(12(19)17-14)7-3-2-4-8-15/h11H,2-10H2,1H3,(H,17,19). The van der Waals surface area contributed by atoms with Crippen molar-refractivity contribution in [1.29, 1.82) is 0 Å². The Balaban J connectivity index is 1.95. The summed E-state index contributed by atoms with van der Waals surface area (Å²) >= 11 is 0. The van der Waals surface area contributed by atoms with Gasteiger partial charge in [-0.05, 0) is 38.5 Å². The van der Waals surface area contributed by atoms with E-state index in [1.54, 1.807) is 4.90 Å². The Morgan fingerprint density at radius 1 is 1.25 bits per heavy atom. The van der Waals surface area contributed by atoms with Crippen LogP contribution in [0.25, 0.3) is 0 Å². The first-order chi connectivity index (χ1) is 9.54. The van der Waals surface area contributed by atoms with Gasteiger partial charge in [-0.15, -0.1) is 0 Å². The molecule has 2 saturated carbocycles. The number of hydrogen-bond donors (Lipinski definition) is 1. The fourth-order valence-corrected chi connectivity index (χ4v) is 3.97. The van der Waals surface area contributed by atoms with Crippen LogP contribution in [0.4, 0.5) is 4.39 Å². The molecule has 4 nitrogen and oxygen atoms in total. The van der Waals surface area contributed by atoms with E-state index < -0.39 is 17.8 Å². The SMILES string of the molecule is CC1(C2CC2)NC(=O)C2(CCCCC2)N(CCF)C1=O. The summed E-state index contributed by atoms with van der Waals surface area (Å²) in [7, 11) is 0. The minimum Gasteiger partial charge on any atom is -0.340 e. The quantitative estimate of drug-likeness (QED) is 0.858. The minimum atomic E-state index is -0.811. The lowest BCUT2D eigenvalue weighted by Gasteiger charge is -2.53. The lowest BCUT2D eigenvalue weighted by Crippen LogP contribution is -2.76. The zero-order valence-corrected chi connectivity index (χ0v) is 12.1. The molecule has 0 radical (unpaired) electrons. The molecule has 1 heterocycles. The van der Waals surface area contributed by atoms with E-state index in [9.17, 15) is 14.0 Å². The summed E-state index contributed by atoms with van der Waals surface area (Å²) in [6.45, 7) is 1.28. The van der Waals surface area contributed by atoms with Gasteiger partial charge in [0, 0.05) is 0 Å². The van der Waals surface area contributed by atoms with E-state index in [-0.39, 0.29) is 24.3 Å². The first-order valence-corrected chi connectivity index (χ1v) is 7.75. The van der Waals surface area contributed by atoms with Gasteiger partial charge in [-0.2, -0.15) is 0 Å². The average molecular weight is 282 g/mol. The first kappa shape index (κ1) is 13.8. The van der Waals surface area contributed by atoms with Crippen molar-refractivity contribution in [2.45, 2.75) is 62.9 Å². The Kier molecular flexibility index (Phi) is 3.26. The van der Waals surface area contributed by atoms with Crippen molar-refractivity contribution in [1.82, 2.24) is 10.2 Å². The number of rotatable bonds is 3. The lowest BCUT2D eigenvalue weighted by atomic mass is 9.74. The predicted octanol–water partition coefficient (Wildman–Crippen LogP) is 1.79. The molecule has 0 aromatic heterocycles.